The Balaban J connectivity index is 2.60. The second-order valence-electron chi connectivity index (χ2n) is 4.66. The summed E-state index contributed by atoms with van der Waals surface area (Å²) in [6, 6.07) is 7.18. The van der Waals surface area contributed by atoms with Gasteiger partial charge in [-0.3, -0.25) is 4.98 Å². The fourth-order valence-corrected chi connectivity index (χ4v) is 2.30. The molecule has 0 aliphatic heterocycles. The van der Waals surface area contributed by atoms with Gasteiger partial charge in [0.05, 0.1) is 31.2 Å². The number of methoxy groups -OCH3 is 2. The van der Waals surface area contributed by atoms with Crippen LogP contribution in [0.25, 0.3) is 11.3 Å². The van der Waals surface area contributed by atoms with E-state index in [0.29, 0.717) is 28.5 Å². The lowest BCUT2D eigenvalue weighted by Crippen LogP contribution is -2.06. The number of pyridine rings is 1. The molecule has 5 nitrogen and oxygen atoms in total. The molecule has 0 bridgehead atoms. The van der Waals surface area contributed by atoms with Crippen LogP contribution in [0.5, 0.6) is 11.5 Å². The Morgan fingerprint density at radius 2 is 1.86 bits per heavy atom. The molecule has 0 saturated carbocycles. The van der Waals surface area contributed by atoms with Crippen molar-refractivity contribution in [1.82, 2.24) is 4.98 Å². The molecule has 0 amide bonds. The number of carboxylic acids is 1. The molecule has 1 aromatic carbocycles. The first-order valence-electron chi connectivity index (χ1n) is 6.42. The third-order valence-electron chi connectivity index (χ3n) is 3.30. The lowest BCUT2D eigenvalue weighted by Gasteiger charge is -2.12. The fourth-order valence-electron chi connectivity index (χ4n) is 2.30. The zero-order valence-electron chi connectivity index (χ0n) is 12.4. The Bertz CT molecular complexity index is 672. The van der Waals surface area contributed by atoms with Gasteiger partial charge in [-0.1, -0.05) is 0 Å². The summed E-state index contributed by atoms with van der Waals surface area (Å²) in [5.41, 5.74) is 2.86. The van der Waals surface area contributed by atoms with Crippen LogP contribution in [0, 0.1) is 13.8 Å². The minimum absolute atomic E-state index is 0.242. The normalized spacial score (nSPS) is 10.3. The summed E-state index contributed by atoms with van der Waals surface area (Å²) >= 11 is 0. The molecule has 0 spiro atoms. The maximum Gasteiger partial charge on any atom is 0.337 e. The summed E-state index contributed by atoms with van der Waals surface area (Å²) in [5, 5.41) is 9.20. The molecule has 0 atom stereocenters. The molecule has 0 fully saturated rings. The van der Waals surface area contributed by atoms with Crippen molar-refractivity contribution in [3.05, 3.63) is 41.1 Å². The number of carboxylic acid groups (broad SMARTS) is 1. The van der Waals surface area contributed by atoms with E-state index in [9.17, 15) is 9.90 Å². The molecule has 5 heteroatoms. The Hall–Kier alpha value is -2.56. The van der Waals surface area contributed by atoms with Gasteiger partial charge in [0.15, 0.2) is 0 Å². The number of nitrogens with zero attached hydrogens (tertiary/aromatic N) is 1. The molecule has 0 saturated heterocycles. The standard InChI is InChI=1S/C16H17NO4/c1-9-7-13(17-10(2)15(9)16(18)19)12-6-5-11(20-3)8-14(12)21-4/h5-8H,1-4H3,(H,18,19). The van der Waals surface area contributed by atoms with Crippen LogP contribution in [0.3, 0.4) is 0 Å². The van der Waals surface area contributed by atoms with E-state index in [-0.39, 0.29) is 5.56 Å². The minimum Gasteiger partial charge on any atom is -0.497 e. The average Bonchev–Trinajstić information content (AvgIpc) is 2.45. The fraction of sp³-hybridized carbons (Fsp3) is 0.250. The van der Waals surface area contributed by atoms with E-state index in [1.165, 1.54) is 0 Å². The third-order valence-corrected chi connectivity index (χ3v) is 3.30. The van der Waals surface area contributed by atoms with Gasteiger partial charge in [0.25, 0.3) is 0 Å². The third kappa shape index (κ3) is 2.81. The molecular formula is C16H17NO4. The van der Waals surface area contributed by atoms with Crippen molar-refractivity contribution in [2.45, 2.75) is 13.8 Å². The van der Waals surface area contributed by atoms with Gasteiger partial charge in [-0.2, -0.15) is 0 Å². The average molecular weight is 287 g/mol. The quantitative estimate of drug-likeness (QED) is 0.935. The smallest absolute Gasteiger partial charge is 0.337 e. The minimum atomic E-state index is -0.967. The molecule has 1 aromatic heterocycles. The van der Waals surface area contributed by atoms with Gasteiger partial charge in [0.1, 0.15) is 11.5 Å². The molecule has 110 valence electrons. The zero-order valence-corrected chi connectivity index (χ0v) is 12.4. The summed E-state index contributed by atoms with van der Waals surface area (Å²) in [5.74, 6) is 0.348. The first-order chi connectivity index (χ1) is 9.97. The Kier molecular flexibility index (Phi) is 4.12. The number of aromatic carboxylic acids is 1. The van der Waals surface area contributed by atoms with E-state index in [1.807, 2.05) is 12.1 Å². The van der Waals surface area contributed by atoms with Crippen molar-refractivity contribution in [3.8, 4) is 22.8 Å². The number of hydrogen-bond acceptors (Lipinski definition) is 4. The second-order valence-corrected chi connectivity index (χ2v) is 4.66. The van der Waals surface area contributed by atoms with Crippen molar-refractivity contribution in [2.75, 3.05) is 14.2 Å². The van der Waals surface area contributed by atoms with E-state index in [4.69, 9.17) is 9.47 Å². The zero-order chi connectivity index (χ0) is 15.6. The molecule has 21 heavy (non-hydrogen) atoms. The molecule has 1 heterocycles. The molecule has 0 aliphatic rings. The van der Waals surface area contributed by atoms with E-state index in [2.05, 4.69) is 4.98 Å². The van der Waals surface area contributed by atoms with Gasteiger partial charge >= 0.3 is 5.97 Å². The molecule has 0 unspecified atom stereocenters. The lowest BCUT2D eigenvalue weighted by atomic mass is 10.0. The Labute approximate surface area is 123 Å². The molecule has 1 N–H and O–H groups in total. The summed E-state index contributed by atoms with van der Waals surface area (Å²) in [6.07, 6.45) is 0. The monoisotopic (exact) mass is 287 g/mol. The summed E-state index contributed by atoms with van der Waals surface area (Å²) < 4.78 is 10.5. The predicted molar refractivity (Wildman–Crippen MR) is 79.2 cm³/mol. The van der Waals surface area contributed by atoms with Crippen LogP contribution in [-0.2, 0) is 0 Å². The van der Waals surface area contributed by atoms with Crippen molar-refractivity contribution in [2.24, 2.45) is 0 Å². The topological polar surface area (TPSA) is 68.7 Å². The summed E-state index contributed by atoms with van der Waals surface area (Å²) in [7, 11) is 3.16. The van der Waals surface area contributed by atoms with Crippen LogP contribution in [-0.4, -0.2) is 30.3 Å². The van der Waals surface area contributed by atoms with E-state index < -0.39 is 5.97 Å². The van der Waals surface area contributed by atoms with Crippen LogP contribution in [0.2, 0.25) is 0 Å². The Morgan fingerprint density at radius 3 is 2.38 bits per heavy atom. The first kappa shape index (κ1) is 14.8. The van der Waals surface area contributed by atoms with Crippen molar-refractivity contribution < 1.29 is 19.4 Å². The number of hydrogen-bond donors (Lipinski definition) is 1. The van der Waals surface area contributed by atoms with Crippen molar-refractivity contribution in [1.29, 1.82) is 0 Å². The summed E-state index contributed by atoms with van der Waals surface area (Å²) in [6.45, 7) is 3.45. The SMILES string of the molecule is COc1ccc(-c2cc(C)c(C(=O)O)c(C)n2)c(OC)c1. The Morgan fingerprint density at radius 1 is 1.14 bits per heavy atom. The highest BCUT2D eigenvalue weighted by atomic mass is 16.5. The number of carbonyl (C=O) groups is 1. The predicted octanol–water partition coefficient (Wildman–Crippen LogP) is 3.08. The van der Waals surface area contributed by atoms with Gasteiger partial charge < -0.3 is 14.6 Å². The molecule has 0 radical (unpaired) electrons. The van der Waals surface area contributed by atoms with Crippen LogP contribution in [0.15, 0.2) is 24.3 Å². The maximum absolute atomic E-state index is 11.2. The number of aryl methyl sites for hydroxylation is 2. The van der Waals surface area contributed by atoms with E-state index >= 15 is 0 Å². The highest BCUT2D eigenvalue weighted by Gasteiger charge is 2.16. The lowest BCUT2D eigenvalue weighted by molar-refractivity contribution is 0.0695. The molecule has 0 aliphatic carbocycles. The van der Waals surface area contributed by atoms with Crippen LogP contribution in [0.4, 0.5) is 0 Å². The number of rotatable bonds is 4. The van der Waals surface area contributed by atoms with Crippen LogP contribution >= 0.6 is 0 Å². The van der Waals surface area contributed by atoms with Gasteiger partial charge in [-0.25, -0.2) is 4.79 Å². The molecular weight excluding hydrogens is 270 g/mol. The van der Waals surface area contributed by atoms with Crippen molar-refractivity contribution >= 4 is 5.97 Å². The molecule has 2 rings (SSSR count). The van der Waals surface area contributed by atoms with Gasteiger partial charge in [-0.15, -0.1) is 0 Å². The maximum atomic E-state index is 11.2. The van der Waals surface area contributed by atoms with Gasteiger partial charge in [-0.05, 0) is 37.6 Å². The first-order valence-corrected chi connectivity index (χ1v) is 6.42. The van der Waals surface area contributed by atoms with E-state index in [0.717, 1.165) is 5.56 Å². The van der Waals surface area contributed by atoms with E-state index in [1.54, 1.807) is 40.2 Å². The summed E-state index contributed by atoms with van der Waals surface area (Å²) in [4.78, 5) is 15.6. The van der Waals surface area contributed by atoms with Gasteiger partial charge in [0, 0.05) is 11.6 Å². The van der Waals surface area contributed by atoms with Gasteiger partial charge in [0.2, 0.25) is 0 Å². The van der Waals surface area contributed by atoms with Crippen molar-refractivity contribution in [3.63, 3.8) is 0 Å². The second kappa shape index (κ2) is 5.83. The largest absolute Gasteiger partial charge is 0.497 e. The number of aromatic nitrogens is 1. The number of ether oxygens (including phenoxy) is 2. The van der Waals surface area contributed by atoms with Crippen LogP contribution < -0.4 is 9.47 Å². The van der Waals surface area contributed by atoms with Crippen LogP contribution in [0.1, 0.15) is 21.6 Å². The highest BCUT2D eigenvalue weighted by Crippen LogP contribution is 2.33. The number of benzene rings is 1. The highest BCUT2D eigenvalue weighted by molar-refractivity contribution is 5.91. The molecule has 2 aromatic rings.